The average Bonchev–Trinajstić information content (AvgIpc) is 2.59. The van der Waals surface area contributed by atoms with Crippen LogP contribution in [0.5, 0.6) is 11.5 Å². The summed E-state index contributed by atoms with van der Waals surface area (Å²) in [5.41, 5.74) is 1.46. The molecule has 0 atom stereocenters. The lowest BCUT2D eigenvalue weighted by molar-refractivity contribution is -0.124. The van der Waals surface area contributed by atoms with E-state index in [-0.39, 0.29) is 18.1 Å². The van der Waals surface area contributed by atoms with E-state index in [0.29, 0.717) is 23.1 Å². The Morgan fingerprint density at radius 1 is 1.15 bits per heavy atom. The van der Waals surface area contributed by atoms with E-state index < -0.39 is 0 Å². The van der Waals surface area contributed by atoms with E-state index in [1.165, 1.54) is 0 Å². The molecular weight excluding hydrogens is 432 g/mol. The molecule has 2 aromatic rings. The van der Waals surface area contributed by atoms with Gasteiger partial charge in [-0.2, -0.15) is 0 Å². The quantitative estimate of drug-likeness (QED) is 0.616. The SMILES string of the molecule is COc1ccc(Br)c(CNc2ccc(Cl)cc2)c1OCC(=O)NC(C)(C)C. The number of carbonyl (C=O) groups is 1. The van der Waals surface area contributed by atoms with Crippen LogP contribution < -0.4 is 20.1 Å². The smallest absolute Gasteiger partial charge is 0.258 e. The summed E-state index contributed by atoms with van der Waals surface area (Å²) in [6.45, 7) is 6.15. The number of hydrogen-bond donors (Lipinski definition) is 2. The molecule has 27 heavy (non-hydrogen) atoms. The lowest BCUT2D eigenvalue weighted by Gasteiger charge is -2.22. The van der Waals surface area contributed by atoms with Crippen LogP contribution in [0, 0.1) is 0 Å². The zero-order valence-corrected chi connectivity index (χ0v) is 18.2. The summed E-state index contributed by atoms with van der Waals surface area (Å²) in [6.07, 6.45) is 0. The number of halogens is 2. The predicted molar refractivity (Wildman–Crippen MR) is 113 cm³/mol. The Kier molecular flexibility index (Phi) is 7.39. The highest BCUT2D eigenvalue weighted by molar-refractivity contribution is 9.10. The van der Waals surface area contributed by atoms with Gasteiger partial charge in [-0.3, -0.25) is 4.79 Å². The molecule has 0 aliphatic carbocycles. The number of carbonyl (C=O) groups excluding carboxylic acids is 1. The number of benzene rings is 2. The number of hydrogen-bond acceptors (Lipinski definition) is 4. The fourth-order valence-electron chi connectivity index (χ4n) is 2.42. The normalized spacial score (nSPS) is 11.0. The van der Waals surface area contributed by atoms with Crippen LogP contribution in [0.2, 0.25) is 5.02 Å². The van der Waals surface area contributed by atoms with Crippen LogP contribution in [0.25, 0.3) is 0 Å². The van der Waals surface area contributed by atoms with Crippen molar-refractivity contribution >= 4 is 39.1 Å². The van der Waals surface area contributed by atoms with Crippen LogP contribution in [0.4, 0.5) is 5.69 Å². The molecule has 0 aliphatic heterocycles. The van der Waals surface area contributed by atoms with E-state index in [1.807, 2.05) is 51.1 Å². The standard InChI is InChI=1S/C20H24BrClN2O3/c1-20(2,3)24-18(25)12-27-19-15(16(21)9-10-17(19)26-4)11-23-14-7-5-13(22)6-8-14/h5-10,23H,11-12H2,1-4H3,(H,24,25). The van der Waals surface area contributed by atoms with E-state index in [9.17, 15) is 4.79 Å². The maximum atomic E-state index is 12.1. The minimum absolute atomic E-state index is 0.0992. The molecule has 146 valence electrons. The number of amides is 1. The van der Waals surface area contributed by atoms with Gasteiger partial charge in [0.1, 0.15) is 0 Å². The topological polar surface area (TPSA) is 59.6 Å². The zero-order valence-electron chi connectivity index (χ0n) is 15.9. The van der Waals surface area contributed by atoms with Gasteiger partial charge in [-0.25, -0.2) is 0 Å². The van der Waals surface area contributed by atoms with Crippen LogP contribution in [0.1, 0.15) is 26.3 Å². The highest BCUT2D eigenvalue weighted by Crippen LogP contribution is 2.36. The van der Waals surface area contributed by atoms with Gasteiger partial charge < -0.3 is 20.1 Å². The Morgan fingerprint density at radius 3 is 2.41 bits per heavy atom. The van der Waals surface area contributed by atoms with E-state index in [1.54, 1.807) is 13.2 Å². The molecule has 2 aromatic carbocycles. The van der Waals surface area contributed by atoms with Gasteiger partial charge in [-0.15, -0.1) is 0 Å². The van der Waals surface area contributed by atoms with Gasteiger partial charge in [-0.1, -0.05) is 27.5 Å². The van der Waals surface area contributed by atoms with Crippen molar-refractivity contribution in [3.05, 3.63) is 51.5 Å². The van der Waals surface area contributed by atoms with E-state index in [4.69, 9.17) is 21.1 Å². The molecule has 0 unspecified atom stereocenters. The molecule has 0 aromatic heterocycles. The maximum absolute atomic E-state index is 12.1. The Hall–Kier alpha value is -1.92. The Morgan fingerprint density at radius 2 is 1.81 bits per heavy atom. The summed E-state index contributed by atoms with van der Waals surface area (Å²) in [6, 6.07) is 11.1. The largest absolute Gasteiger partial charge is 0.493 e. The molecule has 0 aliphatic rings. The molecular formula is C20H24BrClN2O3. The summed E-state index contributed by atoms with van der Waals surface area (Å²) < 4.78 is 12.1. The van der Waals surface area contributed by atoms with Gasteiger partial charge in [0.25, 0.3) is 5.91 Å². The molecule has 5 nitrogen and oxygen atoms in total. The molecule has 0 spiro atoms. The summed E-state index contributed by atoms with van der Waals surface area (Å²) in [5.74, 6) is 0.896. The van der Waals surface area contributed by atoms with E-state index in [2.05, 4.69) is 26.6 Å². The fraction of sp³-hybridized carbons (Fsp3) is 0.350. The minimum atomic E-state index is -0.319. The number of anilines is 1. The van der Waals surface area contributed by atoms with Crippen LogP contribution in [-0.2, 0) is 11.3 Å². The third-order valence-corrected chi connectivity index (χ3v) is 4.56. The molecule has 1 amide bonds. The van der Waals surface area contributed by atoms with Gasteiger partial charge in [-0.05, 0) is 57.2 Å². The minimum Gasteiger partial charge on any atom is -0.493 e. The Bertz CT molecular complexity index is 789. The third kappa shape index (κ3) is 6.63. The second kappa shape index (κ2) is 9.33. The molecule has 0 radical (unpaired) electrons. The average molecular weight is 456 g/mol. The van der Waals surface area contributed by atoms with Crippen molar-refractivity contribution in [2.75, 3.05) is 19.0 Å². The lowest BCUT2D eigenvalue weighted by Crippen LogP contribution is -2.43. The molecule has 0 saturated heterocycles. The van der Waals surface area contributed by atoms with Crippen molar-refractivity contribution in [1.82, 2.24) is 5.32 Å². The van der Waals surface area contributed by atoms with Gasteiger partial charge in [0.2, 0.25) is 0 Å². The first-order chi connectivity index (χ1) is 12.7. The summed E-state index contributed by atoms with van der Waals surface area (Å²) >= 11 is 9.48. The second-order valence-corrected chi connectivity index (χ2v) is 8.30. The van der Waals surface area contributed by atoms with Crippen molar-refractivity contribution in [2.45, 2.75) is 32.9 Å². The first-order valence-electron chi connectivity index (χ1n) is 8.48. The second-order valence-electron chi connectivity index (χ2n) is 7.00. The fourth-order valence-corrected chi connectivity index (χ4v) is 2.99. The molecule has 2 N–H and O–H groups in total. The van der Waals surface area contributed by atoms with Gasteiger partial charge in [0.15, 0.2) is 18.1 Å². The summed E-state index contributed by atoms with van der Waals surface area (Å²) in [7, 11) is 1.57. The number of rotatable bonds is 7. The third-order valence-electron chi connectivity index (χ3n) is 3.56. The van der Waals surface area contributed by atoms with E-state index in [0.717, 1.165) is 15.7 Å². The number of ether oxygens (including phenoxy) is 2. The summed E-state index contributed by atoms with van der Waals surface area (Å²) in [4.78, 5) is 12.1. The predicted octanol–water partition coefficient (Wildman–Crippen LogP) is 5.02. The molecule has 0 saturated carbocycles. The molecule has 7 heteroatoms. The lowest BCUT2D eigenvalue weighted by atomic mass is 10.1. The number of nitrogens with one attached hydrogen (secondary N) is 2. The first kappa shape index (κ1) is 21.4. The first-order valence-corrected chi connectivity index (χ1v) is 9.65. The van der Waals surface area contributed by atoms with Crippen molar-refractivity contribution in [3.63, 3.8) is 0 Å². The maximum Gasteiger partial charge on any atom is 0.258 e. The number of methoxy groups -OCH3 is 1. The van der Waals surface area contributed by atoms with Gasteiger partial charge in [0, 0.05) is 32.8 Å². The van der Waals surface area contributed by atoms with Crippen LogP contribution in [-0.4, -0.2) is 25.2 Å². The summed E-state index contributed by atoms with van der Waals surface area (Å²) in [5, 5.41) is 6.88. The monoisotopic (exact) mass is 454 g/mol. The molecule has 0 heterocycles. The highest BCUT2D eigenvalue weighted by atomic mass is 79.9. The van der Waals surface area contributed by atoms with Crippen LogP contribution >= 0.6 is 27.5 Å². The van der Waals surface area contributed by atoms with Crippen molar-refractivity contribution in [1.29, 1.82) is 0 Å². The van der Waals surface area contributed by atoms with Crippen molar-refractivity contribution in [3.8, 4) is 11.5 Å². The van der Waals surface area contributed by atoms with Crippen LogP contribution in [0.15, 0.2) is 40.9 Å². The molecule has 0 fully saturated rings. The van der Waals surface area contributed by atoms with Crippen LogP contribution in [0.3, 0.4) is 0 Å². The van der Waals surface area contributed by atoms with Crippen molar-refractivity contribution < 1.29 is 14.3 Å². The zero-order chi connectivity index (χ0) is 20.0. The van der Waals surface area contributed by atoms with E-state index >= 15 is 0 Å². The molecule has 2 rings (SSSR count). The Labute approximate surface area is 173 Å². The molecule has 0 bridgehead atoms. The van der Waals surface area contributed by atoms with Gasteiger partial charge >= 0.3 is 0 Å². The Balaban J connectivity index is 2.17. The van der Waals surface area contributed by atoms with Gasteiger partial charge in [0.05, 0.1) is 7.11 Å². The van der Waals surface area contributed by atoms with Crippen molar-refractivity contribution in [2.24, 2.45) is 0 Å². The highest BCUT2D eigenvalue weighted by Gasteiger charge is 2.18.